The molecule has 184 valence electrons. The predicted molar refractivity (Wildman–Crippen MR) is 130 cm³/mol. The summed E-state index contributed by atoms with van der Waals surface area (Å²) in [7, 11) is 0. The lowest BCUT2D eigenvalue weighted by Crippen LogP contribution is -2.26. The molecule has 0 radical (unpaired) electrons. The van der Waals surface area contributed by atoms with Crippen LogP contribution in [-0.4, -0.2) is 43.4 Å². The topological polar surface area (TPSA) is 119 Å². The van der Waals surface area contributed by atoms with Crippen LogP contribution in [0.15, 0.2) is 46.2 Å². The molecule has 2 N–H and O–H groups in total. The van der Waals surface area contributed by atoms with Crippen LogP contribution in [0, 0.1) is 19.7 Å². The Labute approximate surface area is 205 Å². The summed E-state index contributed by atoms with van der Waals surface area (Å²) in [5.41, 5.74) is 2.17. The number of aryl methyl sites for hydroxylation is 2. The molecule has 0 bridgehead atoms. The van der Waals surface area contributed by atoms with Gasteiger partial charge in [0, 0.05) is 30.6 Å². The third-order valence-electron chi connectivity index (χ3n) is 6.39. The monoisotopic (exact) mass is 489 g/mol. The van der Waals surface area contributed by atoms with Crippen molar-refractivity contribution < 1.29 is 18.3 Å². The number of carbonyl (C=O) groups is 1. The predicted octanol–water partition coefficient (Wildman–Crippen LogP) is 4.50. The number of imidazole rings is 1. The summed E-state index contributed by atoms with van der Waals surface area (Å²) < 4.78 is 27.8. The molecule has 10 nitrogen and oxygen atoms in total. The van der Waals surface area contributed by atoms with Crippen molar-refractivity contribution in [1.82, 2.24) is 19.4 Å². The van der Waals surface area contributed by atoms with E-state index in [-0.39, 0.29) is 23.5 Å². The number of fused-ring (bicyclic) bond motifs is 2. The van der Waals surface area contributed by atoms with Crippen LogP contribution < -0.4 is 10.6 Å². The number of rotatable bonds is 4. The highest BCUT2D eigenvalue weighted by Gasteiger charge is 2.33. The number of nitrogens with zero attached hydrogens (tertiary/aromatic N) is 5. The number of benzene rings is 1. The summed E-state index contributed by atoms with van der Waals surface area (Å²) >= 11 is 0. The van der Waals surface area contributed by atoms with Crippen LogP contribution in [0.1, 0.15) is 47.8 Å². The Morgan fingerprint density at radius 2 is 2.00 bits per heavy atom. The zero-order valence-electron chi connectivity index (χ0n) is 19.8. The van der Waals surface area contributed by atoms with Crippen molar-refractivity contribution in [2.75, 3.05) is 10.6 Å². The van der Waals surface area contributed by atoms with Gasteiger partial charge in [0.15, 0.2) is 5.89 Å². The fraction of sp³-hybridized carbons (Fsp3) is 0.320. The lowest BCUT2D eigenvalue weighted by atomic mass is 9.94. The molecule has 1 aliphatic carbocycles. The standard InChI is InChI=1S/C25H24FN7O3/c1-13-22(35-14(2)28-13)23(34)29-15-7-8-18(26)17(9-15)20-12-33-11-16(10-27-24(33)31-20)30-25-32-19-5-3-4-6-21(19)36-25/h7-12,19,21H,3-6H2,1-2H3,(H,29,34)(H,30,32). The van der Waals surface area contributed by atoms with E-state index in [1.165, 1.54) is 24.6 Å². The second-order valence-corrected chi connectivity index (χ2v) is 9.04. The molecule has 2 aliphatic rings. The Morgan fingerprint density at radius 1 is 1.14 bits per heavy atom. The van der Waals surface area contributed by atoms with Gasteiger partial charge in [-0.25, -0.2) is 24.3 Å². The number of hydrogen-bond acceptors (Lipinski definition) is 8. The van der Waals surface area contributed by atoms with Crippen molar-refractivity contribution >= 4 is 29.1 Å². The minimum atomic E-state index is -0.474. The van der Waals surface area contributed by atoms with Crippen LogP contribution in [0.25, 0.3) is 17.0 Å². The average Bonchev–Trinajstić information content (AvgIpc) is 3.55. The SMILES string of the molecule is Cc1nc(C)c(C(=O)Nc2ccc(F)c(-c3cn4cc(NC5=NC6CCCCC6O5)cnc4n3)c2)o1. The quantitative estimate of drug-likeness (QED) is 0.433. The van der Waals surface area contributed by atoms with Gasteiger partial charge in [-0.15, -0.1) is 0 Å². The average molecular weight is 490 g/mol. The minimum absolute atomic E-state index is 0.116. The van der Waals surface area contributed by atoms with Crippen molar-refractivity contribution in [1.29, 1.82) is 0 Å². The van der Waals surface area contributed by atoms with Crippen LogP contribution in [-0.2, 0) is 4.74 Å². The molecule has 11 heteroatoms. The number of amidine groups is 1. The fourth-order valence-electron chi connectivity index (χ4n) is 4.68. The number of aromatic nitrogens is 4. The van der Waals surface area contributed by atoms with Crippen molar-refractivity contribution in [3.05, 3.63) is 60.0 Å². The molecule has 1 fully saturated rings. The van der Waals surface area contributed by atoms with E-state index in [9.17, 15) is 9.18 Å². The van der Waals surface area contributed by atoms with Gasteiger partial charge >= 0.3 is 0 Å². The highest BCUT2D eigenvalue weighted by atomic mass is 19.1. The Morgan fingerprint density at radius 3 is 2.81 bits per heavy atom. The van der Waals surface area contributed by atoms with E-state index in [2.05, 4.69) is 30.6 Å². The van der Waals surface area contributed by atoms with Crippen molar-refractivity contribution in [2.45, 2.75) is 51.7 Å². The van der Waals surface area contributed by atoms with Gasteiger partial charge in [-0.1, -0.05) is 6.42 Å². The molecular weight excluding hydrogens is 465 g/mol. The maximum Gasteiger partial charge on any atom is 0.293 e. The van der Waals surface area contributed by atoms with Crippen molar-refractivity contribution in [3.63, 3.8) is 0 Å². The maximum absolute atomic E-state index is 14.8. The lowest BCUT2D eigenvalue weighted by Gasteiger charge is -2.21. The molecule has 1 saturated carbocycles. The summed E-state index contributed by atoms with van der Waals surface area (Å²) in [6.07, 6.45) is 9.65. The zero-order chi connectivity index (χ0) is 24.8. The Bertz CT molecular complexity index is 1510. The van der Waals surface area contributed by atoms with E-state index >= 15 is 0 Å². The molecule has 6 rings (SSSR count). The molecule has 4 aromatic rings. The molecule has 2 unspecified atom stereocenters. The number of amides is 1. The van der Waals surface area contributed by atoms with E-state index in [4.69, 9.17) is 9.15 Å². The van der Waals surface area contributed by atoms with Gasteiger partial charge in [-0.05, 0) is 44.4 Å². The van der Waals surface area contributed by atoms with Crippen LogP contribution >= 0.6 is 0 Å². The van der Waals surface area contributed by atoms with Crippen molar-refractivity contribution in [3.8, 4) is 11.3 Å². The number of aliphatic imine (C=N–C) groups is 1. The molecule has 0 spiro atoms. The summed E-state index contributed by atoms with van der Waals surface area (Å²) in [6.45, 7) is 3.35. The third kappa shape index (κ3) is 4.16. The second kappa shape index (κ2) is 8.74. The number of ether oxygens (including phenoxy) is 1. The zero-order valence-corrected chi connectivity index (χ0v) is 19.8. The van der Waals surface area contributed by atoms with Crippen LogP contribution in [0.3, 0.4) is 0 Å². The summed E-state index contributed by atoms with van der Waals surface area (Å²) in [4.78, 5) is 30.2. The van der Waals surface area contributed by atoms with Gasteiger partial charge in [-0.2, -0.15) is 0 Å². The Balaban J connectivity index is 1.23. The third-order valence-corrected chi connectivity index (χ3v) is 6.39. The fourth-order valence-corrected chi connectivity index (χ4v) is 4.68. The number of hydrogen-bond donors (Lipinski definition) is 2. The molecule has 0 saturated heterocycles. The lowest BCUT2D eigenvalue weighted by molar-refractivity contribution is 0.0994. The summed E-state index contributed by atoms with van der Waals surface area (Å²) in [6, 6.07) is 5.00. The van der Waals surface area contributed by atoms with Crippen LogP contribution in [0.4, 0.5) is 15.8 Å². The van der Waals surface area contributed by atoms with E-state index < -0.39 is 11.7 Å². The highest BCUT2D eigenvalue weighted by molar-refractivity contribution is 6.03. The highest BCUT2D eigenvalue weighted by Crippen LogP contribution is 2.29. The second-order valence-electron chi connectivity index (χ2n) is 9.04. The Kier molecular flexibility index (Phi) is 5.39. The minimum Gasteiger partial charge on any atom is -0.459 e. The molecule has 1 aromatic carbocycles. The van der Waals surface area contributed by atoms with Crippen LogP contribution in [0.5, 0.6) is 0 Å². The van der Waals surface area contributed by atoms with E-state index in [0.29, 0.717) is 40.5 Å². The molecule has 1 amide bonds. The van der Waals surface area contributed by atoms with Crippen molar-refractivity contribution in [2.24, 2.45) is 4.99 Å². The molecule has 36 heavy (non-hydrogen) atoms. The Hall–Kier alpha value is -4.28. The van der Waals surface area contributed by atoms with Gasteiger partial charge in [0.25, 0.3) is 11.9 Å². The van der Waals surface area contributed by atoms with E-state index in [1.54, 1.807) is 36.8 Å². The van der Waals surface area contributed by atoms with Gasteiger partial charge in [0.1, 0.15) is 11.9 Å². The maximum atomic E-state index is 14.8. The number of oxazole rings is 1. The van der Waals surface area contributed by atoms with E-state index in [1.807, 2.05) is 0 Å². The number of anilines is 2. The first-order valence-electron chi connectivity index (χ1n) is 11.8. The summed E-state index contributed by atoms with van der Waals surface area (Å²) in [5, 5.41) is 5.91. The smallest absolute Gasteiger partial charge is 0.293 e. The van der Waals surface area contributed by atoms with Gasteiger partial charge < -0.3 is 19.8 Å². The number of halogens is 1. The molecular formula is C25H24FN7O3. The largest absolute Gasteiger partial charge is 0.459 e. The normalized spacial score (nSPS) is 19.0. The number of carbonyl (C=O) groups excluding carboxylic acids is 1. The summed E-state index contributed by atoms with van der Waals surface area (Å²) in [5.74, 6) is -0.0216. The van der Waals surface area contributed by atoms with E-state index in [0.717, 1.165) is 19.3 Å². The van der Waals surface area contributed by atoms with Crippen LogP contribution in [0.2, 0.25) is 0 Å². The van der Waals surface area contributed by atoms with Gasteiger partial charge in [-0.3, -0.25) is 9.20 Å². The van der Waals surface area contributed by atoms with Gasteiger partial charge in [0.05, 0.1) is 29.3 Å². The first-order valence-corrected chi connectivity index (χ1v) is 11.8. The molecule has 2 atom stereocenters. The molecule has 3 aromatic heterocycles. The first-order chi connectivity index (χ1) is 17.4. The number of nitrogens with one attached hydrogen (secondary N) is 2. The first kappa shape index (κ1) is 22.2. The molecule has 4 heterocycles. The molecule has 1 aliphatic heterocycles. The van der Waals surface area contributed by atoms with Gasteiger partial charge in [0.2, 0.25) is 11.5 Å².